The number of nitrogens with zero attached hydrogens (tertiary/aromatic N) is 1. The number of hydrogen-bond donors (Lipinski definition) is 0. The molecule has 1 aromatic rings. The smallest absolute Gasteiger partial charge is 0.162 e. The van der Waals surface area contributed by atoms with Crippen molar-refractivity contribution in [2.45, 2.75) is 38.5 Å². The van der Waals surface area contributed by atoms with Crippen molar-refractivity contribution in [3.05, 3.63) is 40.2 Å². The summed E-state index contributed by atoms with van der Waals surface area (Å²) in [5.41, 5.74) is 0.663. The molecule has 1 aliphatic heterocycles. The Morgan fingerprint density at radius 2 is 1.81 bits per heavy atom. The summed E-state index contributed by atoms with van der Waals surface area (Å²) in [4.78, 5) is 14.6. The average molecular weight is 327 g/mol. The summed E-state index contributed by atoms with van der Waals surface area (Å²) < 4.78 is 0. The Kier molecular flexibility index (Phi) is 7.01. The third-order valence-corrected chi connectivity index (χ3v) is 4.66. The number of carbonyl (C=O) groups excluding carboxylic acids is 1. The van der Waals surface area contributed by atoms with Crippen LogP contribution in [-0.2, 0) is 0 Å². The van der Waals surface area contributed by atoms with Crippen LogP contribution in [-0.4, -0.2) is 30.3 Å². The normalized spacial score (nSPS) is 16.1. The number of unbranched alkanes of at least 4 members (excludes halogenated alkanes) is 2. The van der Waals surface area contributed by atoms with E-state index in [2.05, 4.69) is 11.3 Å². The fourth-order valence-corrected chi connectivity index (χ4v) is 2.94. The molecule has 0 bridgehead atoms. The lowest BCUT2D eigenvalue weighted by atomic mass is 10.0. The van der Waals surface area contributed by atoms with E-state index in [4.69, 9.17) is 23.2 Å². The summed E-state index contributed by atoms with van der Waals surface area (Å²) in [5, 5.41) is 0.941. The summed E-state index contributed by atoms with van der Waals surface area (Å²) in [7, 11) is 0. The molecule has 0 unspecified atom stereocenters. The third-order valence-electron chi connectivity index (χ3n) is 3.92. The molecule has 1 aromatic carbocycles. The lowest BCUT2D eigenvalue weighted by Crippen LogP contribution is -2.30. The van der Waals surface area contributed by atoms with Crippen LogP contribution < -0.4 is 0 Å². The van der Waals surface area contributed by atoms with E-state index in [9.17, 15) is 4.79 Å². The van der Waals surface area contributed by atoms with E-state index >= 15 is 0 Å². The molecule has 0 aliphatic carbocycles. The maximum atomic E-state index is 12.1. The first-order chi connectivity index (χ1) is 10.2. The van der Waals surface area contributed by atoms with Gasteiger partial charge < -0.3 is 4.90 Å². The molecule has 0 amide bonds. The van der Waals surface area contributed by atoms with Crippen molar-refractivity contribution in [1.82, 2.24) is 4.90 Å². The number of benzene rings is 1. The highest BCUT2D eigenvalue weighted by atomic mass is 35.5. The molecule has 1 aliphatic rings. The highest BCUT2D eigenvalue weighted by Gasteiger charge is 2.10. The zero-order chi connectivity index (χ0) is 15.1. The molecule has 1 saturated heterocycles. The predicted molar refractivity (Wildman–Crippen MR) is 89.2 cm³/mol. The van der Waals surface area contributed by atoms with E-state index in [0.29, 0.717) is 22.0 Å². The largest absolute Gasteiger partial charge is 0.303 e. The first-order valence-electron chi connectivity index (χ1n) is 7.69. The van der Waals surface area contributed by atoms with Crippen molar-refractivity contribution < 1.29 is 4.79 Å². The number of rotatable bonds is 7. The first kappa shape index (κ1) is 16.8. The third kappa shape index (κ3) is 5.61. The standard InChI is InChI=1S/C17H22Cl2NO/c18-15-9-8-14(13-16(15)19)17(21)7-3-1-4-10-20-11-5-2-6-12-20/h2,8-9,13H,1,3-7,10-12H2. The van der Waals surface area contributed by atoms with E-state index in [-0.39, 0.29) is 5.78 Å². The first-order valence-corrected chi connectivity index (χ1v) is 8.44. The SMILES string of the molecule is O=C(CCCCCN1CC[CH]CC1)c1ccc(Cl)c(Cl)c1. The van der Waals surface area contributed by atoms with Gasteiger partial charge in [-0.1, -0.05) is 29.6 Å². The van der Waals surface area contributed by atoms with Crippen LogP contribution >= 0.6 is 23.2 Å². The number of ketones is 1. The summed E-state index contributed by atoms with van der Waals surface area (Å²) in [6, 6.07) is 5.10. The average Bonchev–Trinajstić information content (AvgIpc) is 2.50. The Morgan fingerprint density at radius 3 is 2.52 bits per heavy atom. The van der Waals surface area contributed by atoms with E-state index in [0.717, 1.165) is 19.4 Å². The van der Waals surface area contributed by atoms with Gasteiger partial charge in [0.15, 0.2) is 5.78 Å². The molecule has 21 heavy (non-hydrogen) atoms. The molecular formula is C17H22Cl2NO. The van der Waals surface area contributed by atoms with Gasteiger partial charge in [-0.2, -0.15) is 0 Å². The van der Waals surface area contributed by atoms with Gasteiger partial charge in [0.05, 0.1) is 10.0 Å². The van der Waals surface area contributed by atoms with Crippen molar-refractivity contribution in [2.75, 3.05) is 19.6 Å². The van der Waals surface area contributed by atoms with Gasteiger partial charge in [-0.15, -0.1) is 0 Å². The number of halogens is 2. The Bertz CT molecular complexity index is 470. The van der Waals surface area contributed by atoms with Crippen LogP contribution in [0.25, 0.3) is 0 Å². The van der Waals surface area contributed by atoms with Crippen molar-refractivity contribution in [3.8, 4) is 0 Å². The molecule has 2 nitrogen and oxygen atoms in total. The minimum absolute atomic E-state index is 0.154. The fourth-order valence-electron chi connectivity index (χ4n) is 2.64. The minimum Gasteiger partial charge on any atom is -0.303 e. The number of piperidine rings is 1. The number of hydrogen-bond acceptors (Lipinski definition) is 2. The van der Waals surface area contributed by atoms with E-state index < -0.39 is 0 Å². The van der Waals surface area contributed by atoms with Gasteiger partial charge in [0.25, 0.3) is 0 Å². The molecule has 0 atom stereocenters. The maximum absolute atomic E-state index is 12.1. The fraction of sp³-hybridized carbons (Fsp3) is 0.529. The second-order valence-corrected chi connectivity index (χ2v) is 6.38. The molecule has 0 aromatic heterocycles. The predicted octanol–water partition coefficient (Wildman–Crippen LogP) is 5.04. The van der Waals surface area contributed by atoms with Crippen molar-refractivity contribution in [1.29, 1.82) is 0 Å². The van der Waals surface area contributed by atoms with Crippen LogP contribution in [0.4, 0.5) is 0 Å². The monoisotopic (exact) mass is 326 g/mol. The number of carbonyl (C=O) groups is 1. The Hall–Kier alpha value is -0.570. The van der Waals surface area contributed by atoms with Gasteiger partial charge in [-0.3, -0.25) is 4.79 Å². The molecule has 1 heterocycles. The number of Topliss-reactive ketones (excluding diaryl/α,β-unsaturated/α-hetero) is 1. The van der Waals surface area contributed by atoms with Crippen LogP contribution in [0.5, 0.6) is 0 Å². The van der Waals surface area contributed by atoms with Crippen molar-refractivity contribution >= 4 is 29.0 Å². The molecule has 1 radical (unpaired) electrons. The Balaban J connectivity index is 1.63. The molecule has 115 valence electrons. The van der Waals surface area contributed by atoms with Gasteiger partial charge >= 0.3 is 0 Å². The molecule has 2 rings (SSSR count). The molecule has 4 heteroatoms. The molecule has 0 N–H and O–H groups in total. The lowest BCUT2D eigenvalue weighted by Gasteiger charge is -2.26. The second-order valence-electron chi connectivity index (χ2n) is 5.57. The number of likely N-dealkylation sites (tertiary alicyclic amines) is 1. The van der Waals surface area contributed by atoms with Gasteiger partial charge in [0.1, 0.15) is 0 Å². The zero-order valence-corrected chi connectivity index (χ0v) is 13.8. The molecular weight excluding hydrogens is 305 g/mol. The van der Waals surface area contributed by atoms with E-state index in [1.807, 2.05) is 0 Å². The zero-order valence-electron chi connectivity index (χ0n) is 12.3. The summed E-state index contributed by atoms with van der Waals surface area (Å²) in [6.07, 6.45) is 8.62. The van der Waals surface area contributed by atoms with Gasteiger partial charge in [0.2, 0.25) is 0 Å². The Labute approximate surface area is 137 Å². The van der Waals surface area contributed by atoms with E-state index in [1.165, 1.54) is 32.4 Å². The maximum Gasteiger partial charge on any atom is 0.162 e. The summed E-state index contributed by atoms with van der Waals surface area (Å²) >= 11 is 11.8. The van der Waals surface area contributed by atoms with Crippen LogP contribution in [0.3, 0.4) is 0 Å². The van der Waals surface area contributed by atoms with Gasteiger partial charge in [-0.05, 0) is 69.9 Å². The summed E-state index contributed by atoms with van der Waals surface area (Å²) in [6.45, 7) is 3.55. The van der Waals surface area contributed by atoms with Crippen LogP contribution in [0.2, 0.25) is 10.0 Å². The molecule has 1 fully saturated rings. The van der Waals surface area contributed by atoms with Crippen molar-refractivity contribution in [3.63, 3.8) is 0 Å². The minimum atomic E-state index is 0.154. The van der Waals surface area contributed by atoms with Gasteiger partial charge in [0, 0.05) is 12.0 Å². The summed E-state index contributed by atoms with van der Waals surface area (Å²) in [5.74, 6) is 0.154. The lowest BCUT2D eigenvalue weighted by molar-refractivity contribution is 0.0978. The van der Waals surface area contributed by atoms with Crippen LogP contribution in [0.15, 0.2) is 18.2 Å². The topological polar surface area (TPSA) is 20.3 Å². The van der Waals surface area contributed by atoms with Crippen molar-refractivity contribution in [2.24, 2.45) is 0 Å². The van der Waals surface area contributed by atoms with Crippen LogP contribution in [0.1, 0.15) is 48.9 Å². The molecule has 0 spiro atoms. The van der Waals surface area contributed by atoms with Gasteiger partial charge in [-0.25, -0.2) is 0 Å². The van der Waals surface area contributed by atoms with E-state index in [1.54, 1.807) is 18.2 Å². The van der Waals surface area contributed by atoms with Crippen LogP contribution in [0, 0.1) is 6.42 Å². The molecule has 0 saturated carbocycles. The Morgan fingerprint density at radius 1 is 1.05 bits per heavy atom. The highest BCUT2D eigenvalue weighted by Crippen LogP contribution is 2.23. The quantitative estimate of drug-likeness (QED) is 0.517. The highest BCUT2D eigenvalue weighted by molar-refractivity contribution is 6.42. The second kappa shape index (κ2) is 8.77.